The predicted octanol–water partition coefficient (Wildman–Crippen LogP) is 3.98. The number of hydrogen-bond donors (Lipinski definition) is 1. The van der Waals surface area contributed by atoms with Crippen LogP contribution in [0.5, 0.6) is 0 Å². The Morgan fingerprint density at radius 3 is 2.31 bits per heavy atom. The van der Waals surface area contributed by atoms with Crippen molar-refractivity contribution in [1.29, 1.82) is 0 Å². The minimum atomic E-state index is 0.576. The Kier molecular flexibility index (Phi) is 3.94. The maximum Gasteiger partial charge on any atom is 0.0100 e. The summed E-state index contributed by atoms with van der Waals surface area (Å²) in [6.07, 6.45) is 11.7. The quantitative estimate of drug-likeness (QED) is 0.760. The maximum absolute atomic E-state index is 3.63. The normalized spacial score (nSPS) is 32.1. The van der Waals surface area contributed by atoms with Crippen LogP contribution in [0.1, 0.15) is 65.2 Å². The lowest BCUT2D eigenvalue weighted by atomic mass is 9.75. The number of rotatable bonds is 4. The first-order valence-electron chi connectivity index (χ1n) is 7.31. The molecule has 2 aliphatic carbocycles. The molecule has 0 aromatic rings. The van der Waals surface area contributed by atoms with E-state index in [4.69, 9.17) is 0 Å². The van der Waals surface area contributed by atoms with Crippen LogP contribution in [0.2, 0.25) is 0 Å². The average Bonchev–Trinajstić information content (AvgIpc) is 2.84. The molecule has 16 heavy (non-hydrogen) atoms. The van der Waals surface area contributed by atoms with Crippen LogP contribution in [0.25, 0.3) is 0 Å². The average molecular weight is 223 g/mol. The van der Waals surface area contributed by atoms with Gasteiger partial charge >= 0.3 is 0 Å². The molecule has 0 spiro atoms. The molecule has 2 saturated carbocycles. The predicted molar refractivity (Wildman–Crippen MR) is 70.5 cm³/mol. The molecule has 2 rings (SSSR count). The van der Waals surface area contributed by atoms with Crippen LogP contribution in [0.15, 0.2) is 0 Å². The van der Waals surface area contributed by atoms with Crippen molar-refractivity contribution in [3.8, 4) is 0 Å². The monoisotopic (exact) mass is 223 g/mol. The van der Waals surface area contributed by atoms with Crippen molar-refractivity contribution in [2.45, 2.75) is 71.3 Å². The molecule has 0 aromatic carbocycles. The van der Waals surface area contributed by atoms with E-state index >= 15 is 0 Å². The molecule has 1 nitrogen and oxygen atoms in total. The van der Waals surface area contributed by atoms with Gasteiger partial charge in [-0.1, -0.05) is 46.0 Å². The molecule has 0 aromatic heterocycles. The zero-order valence-corrected chi connectivity index (χ0v) is 11.4. The zero-order valence-electron chi connectivity index (χ0n) is 11.4. The van der Waals surface area contributed by atoms with Gasteiger partial charge in [0.1, 0.15) is 0 Å². The van der Waals surface area contributed by atoms with Gasteiger partial charge in [-0.15, -0.1) is 0 Å². The second-order valence-corrected chi connectivity index (χ2v) is 6.77. The highest BCUT2D eigenvalue weighted by Crippen LogP contribution is 2.46. The molecule has 0 amide bonds. The van der Waals surface area contributed by atoms with E-state index in [0.29, 0.717) is 5.41 Å². The molecule has 1 heteroatoms. The van der Waals surface area contributed by atoms with E-state index in [1.807, 2.05) is 0 Å². The van der Waals surface area contributed by atoms with E-state index in [1.165, 1.54) is 51.4 Å². The lowest BCUT2D eigenvalue weighted by molar-refractivity contribution is 0.181. The second kappa shape index (κ2) is 5.08. The fourth-order valence-electron chi connectivity index (χ4n) is 4.19. The van der Waals surface area contributed by atoms with Crippen molar-refractivity contribution in [3.05, 3.63) is 0 Å². The van der Waals surface area contributed by atoms with Crippen molar-refractivity contribution in [2.24, 2.45) is 17.3 Å². The molecule has 1 N–H and O–H groups in total. The van der Waals surface area contributed by atoms with Crippen molar-refractivity contribution in [1.82, 2.24) is 5.32 Å². The minimum Gasteiger partial charge on any atom is -0.317 e. The van der Waals surface area contributed by atoms with Crippen molar-refractivity contribution in [3.63, 3.8) is 0 Å². The first-order chi connectivity index (χ1) is 7.63. The molecule has 94 valence electrons. The third-order valence-corrected chi connectivity index (χ3v) is 5.26. The molecule has 0 saturated heterocycles. The Morgan fingerprint density at radius 2 is 1.81 bits per heavy atom. The topological polar surface area (TPSA) is 12.0 Å². The highest BCUT2D eigenvalue weighted by atomic mass is 14.9. The van der Waals surface area contributed by atoms with Crippen molar-refractivity contribution in [2.75, 3.05) is 7.05 Å². The third kappa shape index (κ3) is 2.61. The van der Waals surface area contributed by atoms with Crippen LogP contribution in [0.3, 0.4) is 0 Å². The molecule has 2 atom stereocenters. The molecular weight excluding hydrogens is 194 g/mol. The summed E-state index contributed by atoms with van der Waals surface area (Å²) in [5, 5.41) is 3.63. The van der Waals surface area contributed by atoms with Crippen LogP contribution in [-0.2, 0) is 0 Å². The van der Waals surface area contributed by atoms with Gasteiger partial charge in [0.15, 0.2) is 0 Å². The van der Waals surface area contributed by atoms with E-state index < -0.39 is 0 Å². The van der Waals surface area contributed by atoms with Gasteiger partial charge in [0.2, 0.25) is 0 Å². The van der Waals surface area contributed by atoms with Gasteiger partial charge in [-0.3, -0.25) is 0 Å². The third-order valence-electron chi connectivity index (χ3n) is 5.26. The standard InChI is InChI=1S/C15H29N/c1-15(2)10-6-9-13(15)14(16-3)11-12-7-4-5-8-12/h12-14,16H,4-11H2,1-3H3. The highest BCUT2D eigenvalue weighted by Gasteiger charge is 2.39. The molecule has 2 fully saturated rings. The van der Waals surface area contributed by atoms with Gasteiger partial charge in [0.25, 0.3) is 0 Å². The highest BCUT2D eigenvalue weighted by molar-refractivity contribution is 4.93. The summed E-state index contributed by atoms with van der Waals surface area (Å²) in [4.78, 5) is 0. The SMILES string of the molecule is CNC(CC1CCCC1)C1CCCC1(C)C. The van der Waals surface area contributed by atoms with E-state index in [0.717, 1.165) is 17.9 Å². The minimum absolute atomic E-state index is 0.576. The first kappa shape index (κ1) is 12.4. The molecule has 0 radical (unpaired) electrons. The van der Waals surface area contributed by atoms with E-state index in [1.54, 1.807) is 0 Å². The maximum atomic E-state index is 3.63. The Balaban J connectivity index is 1.93. The number of hydrogen-bond acceptors (Lipinski definition) is 1. The smallest absolute Gasteiger partial charge is 0.0100 e. The van der Waals surface area contributed by atoms with Crippen LogP contribution in [0.4, 0.5) is 0 Å². The Morgan fingerprint density at radius 1 is 1.12 bits per heavy atom. The van der Waals surface area contributed by atoms with Gasteiger partial charge in [-0.05, 0) is 43.6 Å². The Bertz CT molecular complexity index is 215. The van der Waals surface area contributed by atoms with Crippen LogP contribution < -0.4 is 5.32 Å². The summed E-state index contributed by atoms with van der Waals surface area (Å²) < 4.78 is 0. The van der Waals surface area contributed by atoms with Crippen LogP contribution >= 0.6 is 0 Å². The molecular formula is C15H29N. The fraction of sp³-hybridized carbons (Fsp3) is 1.00. The molecule has 2 aliphatic rings. The van der Waals surface area contributed by atoms with Crippen molar-refractivity contribution >= 4 is 0 Å². The van der Waals surface area contributed by atoms with Gasteiger partial charge < -0.3 is 5.32 Å². The van der Waals surface area contributed by atoms with Gasteiger partial charge in [-0.2, -0.15) is 0 Å². The number of nitrogens with one attached hydrogen (secondary N) is 1. The summed E-state index contributed by atoms with van der Waals surface area (Å²) >= 11 is 0. The molecule has 2 unspecified atom stereocenters. The largest absolute Gasteiger partial charge is 0.317 e. The van der Waals surface area contributed by atoms with E-state index in [-0.39, 0.29) is 0 Å². The first-order valence-corrected chi connectivity index (χ1v) is 7.31. The summed E-state index contributed by atoms with van der Waals surface area (Å²) in [7, 11) is 2.17. The Hall–Kier alpha value is -0.0400. The summed E-state index contributed by atoms with van der Waals surface area (Å²) in [5.41, 5.74) is 0.576. The second-order valence-electron chi connectivity index (χ2n) is 6.77. The fourth-order valence-corrected chi connectivity index (χ4v) is 4.19. The summed E-state index contributed by atoms with van der Waals surface area (Å²) in [6.45, 7) is 4.95. The summed E-state index contributed by atoms with van der Waals surface area (Å²) in [6, 6.07) is 0.778. The Labute approximate surface area is 101 Å². The molecule has 0 bridgehead atoms. The van der Waals surface area contributed by atoms with Crippen LogP contribution in [-0.4, -0.2) is 13.1 Å². The van der Waals surface area contributed by atoms with Crippen LogP contribution in [0, 0.1) is 17.3 Å². The zero-order chi connectivity index (χ0) is 11.6. The summed E-state index contributed by atoms with van der Waals surface area (Å²) in [5.74, 6) is 1.94. The molecule has 0 heterocycles. The van der Waals surface area contributed by atoms with E-state index in [9.17, 15) is 0 Å². The lowest BCUT2D eigenvalue weighted by Crippen LogP contribution is -2.40. The van der Waals surface area contributed by atoms with Gasteiger partial charge in [0.05, 0.1) is 0 Å². The van der Waals surface area contributed by atoms with Crippen molar-refractivity contribution < 1.29 is 0 Å². The van der Waals surface area contributed by atoms with Gasteiger partial charge in [0, 0.05) is 6.04 Å². The van der Waals surface area contributed by atoms with Gasteiger partial charge in [-0.25, -0.2) is 0 Å². The lowest BCUT2D eigenvalue weighted by Gasteiger charge is -2.35. The molecule has 0 aliphatic heterocycles. The van der Waals surface area contributed by atoms with E-state index in [2.05, 4.69) is 26.2 Å².